The van der Waals surface area contributed by atoms with E-state index in [-0.39, 0.29) is 30.5 Å². The van der Waals surface area contributed by atoms with Crippen molar-refractivity contribution in [2.45, 2.75) is 25.4 Å². The summed E-state index contributed by atoms with van der Waals surface area (Å²) >= 11 is 0. The first-order valence-corrected chi connectivity index (χ1v) is 11.5. The van der Waals surface area contributed by atoms with Crippen molar-refractivity contribution in [1.82, 2.24) is 20.5 Å². The average Bonchev–Trinajstić information content (AvgIpc) is 3.14. The van der Waals surface area contributed by atoms with E-state index >= 15 is 0 Å². The van der Waals surface area contributed by atoms with Crippen LogP contribution in [0.15, 0.2) is 67.0 Å². The van der Waals surface area contributed by atoms with Gasteiger partial charge >= 0.3 is 6.03 Å². The van der Waals surface area contributed by atoms with E-state index in [2.05, 4.69) is 20.9 Å². The molecule has 3 aromatic rings. The van der Waals surface area contributed by atoms with E-state index in [1.165, 1.54) is 12.1 Å². The number of nitrogens with zero attached hydrogens (tertiary/aromatic N) is 2. The monoisotopic (exact) mass is 499 g/mol. The Balaban J connectivity index is 1.18. The van der Waals surface area contributed by atoms with E-state index in [0.29, 0.717) is 22.7 Å². The predicted molar refractivity (Wildman–Crippen MR) is 130 cm³/mol. The minimum absolute atomic E-state index is 0.0500. The molecule has 1 unspecified atom stereocenters. The van der Waals surface area contributed by atoms with Gasteiger partial charge in [0.2, 0.25) is 11.8 Å². The minimum atomic E-state index is -1.03. The van der Waals surface area contributed by atoms with Crippen LogP contribution in [0.25, 0.3) is 0 Å². The van der Waals surface area contributed by atoms with Gasteiger partial charge in [0.05, 0.1) is 17.3 Å². The molecule has 0 aliphatic carbocycles. The Morgan fingerprint density at radius 2 is 1.78 bits per heavy atom. The van der Waals surface area contributed by atoms with E-state index in [9.17, 15) is 24.0 Å². The van der Waals surface area contributed by atoms with Crippen molar-refractivity contribution in [1.29, 1.82) is 0 Å². The Kier molecular flexibility index (Phi) is 6.33. The van der Waals surface area contributed by atoms with Crippen molar-refractivity contribution >= 4 is 35.3 Å². The fraction of sp³-hybridized carbons (Fsp3) is 0.154. The molecule has 11 heteroatoms. The fourth-order valence-corrected chi connectivity index (χ4v) is 4.14. The van der Waals surface area contributed by atoms with Gasteiger partial charge in [-0.3, -0.25) is 34.4 Å². The van der Waals surface area contributed by atoms with Gasteiger partial charge in [-0.1, -0.05) is 6.07 Å². The van der Waals surface area contributed by atoms with Crippen molar-refractivity contribution in [3.63, 3.8) is 0 Å². The summed E-state index contributed by atoms with van der Waals surface area (Å²) in [5.74, 6) is -1.10. The third kappa shape index (κ3) is 5.01. The summed E-state index contributed by atoms with van der Waals surface area (Å²) in [5, 5.41) is 7.58. The Labute approximate surface area is 210 Å². The number of imide groups is 2. The summed E-state index contributed by atoms with van der Waals surface area (Å²) in [7, 11) is 0. The maximum Gasteiger partial charge on any atom is 0.319 e. The van der Waals surface area contributed by atoms with Gasteiger partial charge in [0.1, 0.15) is 17.5 Å². The highest BCUT2D eigenvalue weighted by Crippen LogP contribution is 2.28. The van der Waals surface area contributed by atoms with Crippen LogP contribution in [0.4, 0.5) is 10.5 Å². The summed E-state index contributed by atoms with van der Waals surface area (Å²) < 4.78 is 5.67. The number of urea groups is 1. The van der Waals surface area contributed by atoms with Crippen LogP contribution in [0.5, 0.6) is 11.5 Å². The zero-order valence-corrected chi connectivity index (χ0v) is 19.4. The van der Waals surface area contributed by atoms with Gasteiger partial charge in [0, 0.05) is 24.8 Å². The second-order valence-electron chi connectivity index (χ2n) is 8.45. The lowest BCUT2D eigenvalue weighted by molar-refractivity contribution is -0.136. The zero-order valence-electron chi connectivity index (χ0n) is 19.4. The van der Waals surface area contributed by atoms with Gasteiger partial charge in [0.15, 0.2) is 0 Å². The molecular weight excluding hydrogens is 478 g/mol. The van der Waals surface area contributed by atoms with Crippen molar-refractivity contribution in [2.75, 3.05) is 5.32 Å². The molecule has 37 heavy (non-hydrogen) atoms. The van der Waals surface area contributed by atoms with Crippen LogP contribution in [0.3, 0.4) is 0 Å². The van der Waals surface area contributed by atoms with Crippen LogP contribution in [0.1, 0.15) is 39.1 Å². The number of carbonyl (C=O) groups is 5. The third-order valence-electron chi connectivity index (χ3n) is 5.94. The number of carbonyl (C=O) groups excluding carboxylic acids is 5. The molecule has 2 aromatic carbocycles. The molecule has 0 spiro atoms. The maximum atomic E-state index is 12.9. The fourth-order valence-electron chi connectivity index (χ4n) is 4.14. The van der Waals surface area contributed by atoms with E-state index in [0.717, 1.165) is 4.90 Å². The Morgan fingerprint density at radius 1 is 1.00 bits per heavy atom. The van der Waals surface area contributed by atoms with Crippen molar-refractivity contribution in [3.8, 4) is 11.5 Å². The molecule has 0 radical (unpaired) electrons. The molecule has 3 N–H and O–H groups in total. The molecule has 2 aliphatic rings. The second kappa shape index (κ2) is 9.90. The molecule has 3 heterocycles. The first-order valence-electron chi connectivity index (χ1n) is 11.5. The minimum Gasteiger partial charge on any atom is -0.456 e. The predicted octanol–water partition coefficient (Wildman–Crippen LogP) is 2.60. The molecule has 0 saturated carbocycles. The topological polar surface area (TPSA) is 147 Å². The second-order valence-corrected chi connectivity index (χ2v) is 8.45. The van der Waals surface area contributed by atoms with Crippen LogP contribution in [0, 0.1) is 0 Å². The molecule has 186 valence electrons. The molecule has 5 rings (SSSR count). The number of fused-ring (bicyclic) bond motifs is 1. The molecule has 1 fully saturated rings. The number of ether oxygens (including phenoxy) is 1. The summed E-state index contributed by atoms with van der Waals surface area (Å²) in [6.07, 6.45) is 3.37. The number of piperidine rings is 1. The number of amides is 6. The molecule has 6 amide bonds. The lowest BCUT2D eigenvalue weighted by Gasteiger charge is -2.27. The highest BCUT2D eigenvalue weighted by atomic mass is 16.5. The first-order chi connectivity index (χ1) is 17.9. The Bertz CT molecular complexity index is 1410. The Morgan fingerprint density at radius 3 is 2.51 bits per heavy atom. The van der Waals surface area contributed by atoms with E-state index < -0.39 is 35.7 Å². The maximum absolute atomic E-state index is 12.9. The molecule has 1 aromatic heterocycles. The molecule has 11 nitrogen and oxygen atoms in total. The summed E-state index contributed by atoms with van der Waals surface area (Å²) in [6, 6.07) is 13.5. The van der Waals surface area contributed by atoms with Crippen molar-refractivity contribution < 1.29 is 28.7 Å². The molecule has 1 saturated heterocycles. The summed E-state index contributed by atoms with van der Waals surface area (Å²) in [5.41, 5.74) is 1.47. The van der Waals surface area contributed by atoms with E-state index in [1.807, 2.05) is 0 Å². The average molecular weight is 499 g/mol. The molecule has 0 bridgehead atoms. The molecule has 2 aliphatic heterocycles. The van der Waals surface area contributed by atoms with E-state index in [1.54, 1.807) is 54.9 Å². The number of hydrogen-bond donors (Lipinski definition) is 3. The van der Waals surface area contributed by atoms with Gasteiger partial charge in [-0.2, -0.15) is 0 Å². The van der Waals surface area contributed by atoms with Gasteiger partial charge < -0.3 is 15.4 Å². The number of nitrogens with one attached hydrogen (secondary N) is 3. The SMILES string of the molecule is O=C1CCC(N2C(=O)c3ccc(CNC(=O)Nc4ccc(Oc5cccnc5)cc4)cc3C2=O)C(=O)N1. The third-order valence-corrected chi connectivity index (χ3v) is 5.94. The standard InChI is InChI=1S/C26H21N5O6/c32-22-10-9-21(23(33)30-22)31-24(34)19-8-3-15(12-20(19)25(31)35)13-28-26(36)29-16-4-6-17(7-5-16)37-18-2-1-11-27-14-18/h1-8,11-12,14,21H,9-10,13H2,(H2,28,29,36)(H,30,32,33). The Hall–Kier alpha value is -5.06. The van der Waals surface area contributed by atoms with Crippen LogP contribution < -0.4 is 20.7 Å². The number of benzene rings is 2. The number of hydrogen-bond acceptors (Lipinski definition) is 7. The first kappa shape index (κ1) is 23.7. The quantitative estimate of drug-likeness (QED) is 0.442. The summed E-state index contributed by atoms with van der Waals surface area (Å²) in [4.78, 5) is 66.6. The number of anilines is 1. The van der Waals surface area contributed by atoms with Gasteiger partial charge in [-0.25, -0.2) is 4.79 Å². The van der Waals surface area contributed by atoms with Crippen LogP contribution in [-0.2, 0) is 16.1 Å². The normalized spacial score (nSPS) is 16.8. The number of pyridine rings is 1. The number of rotatable bonds is 6. The van der Waals surface area contributed by atoms with Crippen LogP contribution in [-0.4, -0.2) is 45.6 Å². The number of aromatic nitrogens is 1. The molecule has 1 atom stereocenters. The van der Waals surface area contributed by atoms with Crippen LogP contribution in [0.2, 0.25) is 0 Å². The lowest BCUT2D eigenvalue weighted by atomic mass is 10.0. The summed E-state index contributed by atoms with van der Waals surface area (Å²) in [6.45, 7) is 0.0984. The van der Waals surface area contributed by atoms with Crippen LogP contribution >= 0.6 is 0 Å². The lowest BCUT2D eigenvalue weighted by Crippen LogP contribution is -2.54. The largest absolute Gasteiger partial charge is 0.456 e. The smallest absolute Gasteiger partial charge is 0.319 e. The van der Waals surface area contributed by atoms with Gasteiger partial charge in [0.25, 0.3) is 11.8 Å². The van der Waals surface area contributed by atoms with Crippen molar-refractivity contribution in [2.24, 2.45) is 0 Å². The highest BCUT2D eigenvalue weighted by molar-refractivity contribution is 6.23. The highest BCUT2D eigenvalue weighted by Gasteiger charge is 2.44. The van der Waals surface area contributed by atoms with Gasteiger partial charge in [-0.15, -0.1) is 0 Å². The van der Waals surface area contributed by atoms with Crippen molar-refractivity contribution in [3.05, 3.63) is 83.7 Å². The molecular formula is C26H21N5O6. The van der Waals surface area contributed by atoms with Gasteiger partial charge in [-0.05, 0) is 60.5 Å². The van der Waals surface area contributed by atoms with E-state index in [4.69, 9.17) is 4.74 Å². The zero-order chi connectivity index (χ0) is 25.9.